The largest absolute Gasteiger partial charge is 0.389 e. The molecule has 0 aliphatic heterocycles. The van der Waals surface area contributed by atoms with Crippen LogP contribution in [0.3, 0.4) is 0 Å². The fourth-order valence-electron chi connectivity index (χ4n) is 1.71. The first-order chi connectivity index (χ1) is 8.56. The SMILES string of the molecule is CCc1ccc(C(=O)CN(C)CC(O)COC)s1. The standard InChI is InChI=1S/C13H21NO3S/c1-4-11-5-6-13(18-11)12(16)8-14(2)7-10(15)9-17-3/h5-6,10,15H,4,7-9H2,1-3H3. The van der Waals surface area contributed by atoms with E-state index in [0.717, 1.165) is 11.3 Å². The van der Waals surface area contributed by atoms with Crippen molar-refractivity contribution in [3.05, 3.63) is 21.9 Å². The van der Waals surface area contributed by atoms with Crippen molar-refractivity contribution in [3.8, 4) is 0 Å². The molecule has 0 bridgehead atoms. The maximum atomic E-state index is 12.0. The van der Waals surface area contributed by atoms with E-state index in [1.807, 2.05) is 24.1 Å². The number of hydrogen-bond donors (Lipinski definition) is 1. The van der Waals surface area contributed by atoms with Gasteiger partial charge in [-0.15, -0.1) is 11.3 Å². The zero-order chi connectivity index (χ0) is 13.5. The lowest BCUT2D eigenvalue weighted by molar-refractivity contribution is 0.0428. The van der Waals surface area contributed by atoms with E-state index in [2.05, 4.69) is 6.92 Å². The van der Waals surface area contributed by atoms with Gasteiger partial charge < -0.3 is 9.84 Å². The van der Waals surface area contributed by atoms with Crippen molar-refractivity contribution in [3.63, 3.8) is 0 Å². The normalized spacial score (nSPS) is 12.9. The third kappa shape index (κ3) is 4.86. The average Bonchev–Trinajstić information content (AvgIpc) is 2.77. The van der Waals surface area contributed by atoms with E-state index in [-0.39, 0.29) is 12.4 Å². The minimum Gasteiger partial charge on any atom is -0.389 e. The van der Waals surface area contributed by atoms with Crippen molar-refractivity contribution in [1.29, 1.82) is 0 Å². The first-order valence-corrected chi connectivity index (χ1v) is 6.86. The Morgan fingerprint density at radius 3 is 2.83 bits per heavy atom. The Hall–Kier alpha value is -0.750. The van der Waals surface area contributed by atoms with E-state index in [4.69, 9.17) is 4.74 Å². The van der Waals surface area contributed by atoms with Crippen molar-refractivity contribution in [2.75, 3.05) is 33.9 Å². The van der Waals surface area contributed by atoms with Crippen molar-refractivity contribution in [2.24, 2.45) is 0 Å². The number of aliphatic hydroxyl groups excluding tert-OH is 1. The second kappa shape index (κ2) is 7.63. The van der Waals surface area contributed by atoms with Gasteiger partial charge in [0.25, 0.3) is 0 Å². The number of Topliss-reactive ketones (excluding diaryl/α,β-unsaturated/α-hetero) is 1. The summed E-state index contributed by atoms with van der Waals surface area (Å²) in [6, 6.07) is 3.88. The molecule has 5 heteroatoms. The van der Waals surface area contributed by atoms with Crippen molar-refractivity contribution in [1.82, 2.24) is 4.90 Å². The predicted molar refractivity (Wildman–Crippen MR) is 73.4 cm³/mol. The van der Waals surface area contributed by atoms with E-state index >= 15 is 0 Å². The maximum absolute atomic E-state index is 12.0. The molecule has 1 atom stereocenters. The van der Waals surface area contributed by atoms with Crippen LogP contribution < -0.4 is 0 Å². The number of likely N-dealkylation sites (N-methyl/N-ethyl adjacent to an activating group) is 1. The molecule has 1 rings (SSSR count). The molecule has 0 fully saturated rings. The molecule has 1 unspecified atom stereocenters. The monoisotopic (exact) mass is 271 g/mol. The molecule has 4 nitrogen and oxygen atoms in total. The number of ether oxygens (including phenoxy) is 1. The van der Waals surface area contributed by atoms with Gasteiger partial charge in [0.1, 0.15) is 0 Å². The molecule has 18 heavy (non-hydrogen) atoms. The molecule has 1 N–H and O–H groups in total. The molecule has 1 aromatic heterocycles. The molecule has 1 heterocycles. The molecule has 0 aliphatic carbocycles. The highest BCUT2D eigenvalue weighted by molar-refractivity contribution is 7.14. The first kappa shape index (κ1) is 15.3. The van der Waals surface area contributed by atoms with Crippen LogP contribution in [0.5, 0.6) is 0 Å². The quantitative estimate of drug-likeness (QED) is 0.727. The van der Waals surface area contributed by atoms with Gasteiger partial charge in [-0.05, 0) is 25.6 Å². The third-order valence-electron chi connectivity index (χ3n) is 2.58. The van der Waals surface area contributed by atoms with Crippen LogP contribution >= 0.6 is 11.3 Å². The van der Waals surface area contributed by atoms with Gasteiger partial charge in [-0.2, -0.15) is 0 Å². The Kier molecular flexibility index (Phi) is 6.49. The second-order valence-corrected chi connectivity index (χ2v) is 5.52. The average molecular weight is 271 g/mol. The van der Waals surface area contributed by atoms with Gasteiger partial charge in [0.15, 0.2) is 5.78 Å². The van der Waals surface area contributed by atoms with Crippen molar-refractivity contribution in [2.45, 2.75) is 19.4 Å². The maximum Gasteiger partial charge on any atom is 0.186 e. The molecule has 0 amide bonds. The van der Waals surface area contributed by atoms with Crippen molar-refractivity contribution < 1.29 is 14.6 Å². The molecule has 0 aromatic carbocycles. The molecule has 0 radical (unpaired) electrons. The van der Waals surface area contributed by atoms with Crippen LogP contribution in [-0.2, 0) is 11.2 Å². The minimum absolute atomic E-state index is 0.104. The summed E-state index contributed by atoms with van der Waals surface area (Å²) in [6.45, 7) is 3.13. The number of carbonyl (C=O) groups is 1. The summed E-state index contributed by atoms with van der Waals surface area (Å²) < 4.78 is 4.85. The second-order valence-electron chi connectivity index (χ2n) is 4.35. The van der Waals surface area contributed by atoms with Crippen LogP contribution in [0.4, 0.5) is 0 Å². The van der Waals surface area contributed by atoms with Crippen LogP contribution in [0.2, 0.25) is 0 Å². The lowest BCUT2D eigenvalue weighted by atomic mass is 10.2. The van der Waals surface area contributed by atoms with Crippen LogP contribution in [0.1, 0.15) is 21.5 Å². The zero-order valence-electron chi connectivity index (χ0n) is 11.2. The topological polar surface area (TPSA) is 49.8 Å². The summed E-state index contributed by atoms with van der Waals surface area (Å²) in [5.41, 5.74) is 0. The lowest BCUT2D eigenvalue weighted by Crippen LogP contribution is -2.35. The molecular formula is C13H21NO3S. The molecular weight excluding hydrogens is 250 g/mol. The minimum atomic E-state index is -0.553. The highest BCUT2D eigenvalue weighted by Crippen LogP contribution is 2.17. The summed E-state index contributed by atoms with van der Waals surface area (Å²) in [7, 11) is 3.37. The summed E-state index contributed by atoms with van der Waals surface area (Å²) in [5, 5.41) is 9.57. The Balaban J connectivity index is 2.44. The third-order valence-corrected chi connectivity index (χ3v) is 3.85. The first-order valence-electron chi connectivity index (χ1n) is 6.04. The van der Waals surface area contributed by atoms with Gasteiger partial charge in [0.2, 0.25) is 0 Å². The van der Waals surface area contributed by atoms with Gasteiger partial charge in [-0.3, -0.25) is 9.69 Å². The van der Waals surface area contributed by atoms with Gasteiger partial charge >= 0.3 is 0 Å². The smallest absolute Gasteiger partial charge is 0.186 e. The van der Waals surface area contributed by atoms with Crippen LogP contribution in [0.25, 0.3) is 0 Å². The number of aryl methyl sites for hydroxylation is 1. The Morgan fingerprint density at radius 2 is 2.28 bits per heavy atom. The number of aliphatic hydroxyl groups is 1. The summed E-state index contributed by atoms with van der Waals surface area (Å²) >= 11 is 1.55. The number of methoxy groups -OCH3 is 1. The Bertz CT molecular complexity index is 378. The number of rotatable bonds is 8. The van der Waals surface area contributed by atoms with E-state index in [0.29, 0.717) is 13.1 Å². The zero-order valence-corrected chi connectivity index (χ0v) is 12.0. The highest BCUT2D eigenvalue weighted by atomic mass is 32.1. The molecule has 102 valence electrons. The fraction of sp³-hybridized carbons (Fsp3) is 0.615. The van der Waals surface area contributed by atoms with E-state index in [1.54, 1.807) is 18.4 Å². The Labute approximate surface area is 112 Å². The van der Waals surface area contributed by atoms with Crippen LogP contribution in [0.15, 0.2) is 12.1 Å². The predicted octanol–water partition coefficient (Wildman–Crippen LogP) is 1.43. The van der Waals surface area contributed by atoms with Crippen LogP contribution in [-0.4, -0.2) is 55.7 Å². The van der Waals surface area contributed by atoms with Gasteiger partial charge in [0, 0.05) is 18.5 Å². The lowest BCUT2D eigenvalue weighted by Gasteiger charge is -2.18. The Morgan fingerprint density at radius 1 is 1.56 bits per heavy atom. The van der Waals surface area contributed by atoms with Crippen molar-refractivity contribution >= 4 is 17.1 Å². The molecule has 0 saturated heterocycles. The number of carbonyl (C=O) groups excluding carboxylic acids is 1. The summed E-state index contributed by atoms with van der Waals surface area (Å²) in [6.07, 6.45) is 0.405. The number of nitrogens with zero attached hydrogens (tertiary/aromatic N) is 1. The molecule has 0 aliphatic rings. The fourth-order valence-corrected chi connectivity index (χ4v) is 2.59. The van der Waals surface area contributed by atoms with E-state index < -0.39 is 6.10 Å². The summed E-state index contributed by atoms with van der Waals surface area (Å²) in [5.74, 6) is 0.104. The van der Waals surface area contributed by atoms with E-state index in [9.17, 15) is 9.90 Å². The summed E-state index contributed by atoms with van der Waals surface area (Å²) in [4.78, 5) is 15.8. The molecule has 0 saturated carbocycles. The van der Waals surface area contributed by atoms with Gasteiger partial charge in [-0.25, -0.2) is 0 Å². The number of thiophene rings is 1. The van der Waals surface area contributed by atoms with Crippen LogP contribution in [0, 0.1) is 0 Å². The van der Waals surface area contributed by atoms with E-state index in [1.165, 1.54) is 4.88 Å². The number of hydrogen-bond acceptors (Lipinski definition) is 5. The number of ketones is 1. The van der Waals surface area contributed by atoms with Gasteiger partial charge in [0.05, 0.1) is 24.1 Å². The highest BCUT2D eigenvalue weighted by Gasteiger charge is 2.14. The molecule has 1 aromatic rings. The van der Waals surface area contributed by atoms with Gasteiger partial charge in [-0.1, -0.05) is 6.92 Å². The molecule has 0 spiro atoms.